The number of carbonyl (C=O) groups excluding carboxylic acids is 2. The molecule has 2 heterocycles. The topological polar surface area (TPSA) is 80.3 Å². The van der Waals surface area contributed by atoms with Crippen molar-refractivity contribution in [2.75, 3.05) is 45.8 Å². The minimum Gasteiger partial charge on any atom is -0.493 e. The number of anilines is 1. The second-order valence-electron chi connectivity index (χ2n) is 9.84. The second kappa shape index (κ2) is 14.8. The van der Waals surface area contributed by atoms with Crippen LogP contribution >= 0.6 is 34.5 Å². The Morgan fingerprint density at radius 2 is 1.83 bits per heavy atom. The first kappa shape index (κ1) is 31.0. The van der Waals surface area contributed by atoms with Gasteiger partial charge in [-0.15, -0.1) is 11.3 Å². The zero-order valence-corrected chi connectivity index (χ0v) is 25.8. The molecule has 3 aromatic rings. The molecule has 1 saturated heterocycles. The van der Waals surface area contributed by atoms with Crippen LogP contribution in [0.1, 0.15) is 28.2 Å². The van der Waals surface area contributed by atoms with E-state index in [-0.39, 0.29) is 18.6 Å². The van der Waals surface area contributed by atoms with Gasteiger partial charge in [0.25, 0.3) is 0 Å². The normalized spacial score (nSPS) is 14.5. The molecule has 41 heavy (non-hydrogen) atoms. The van der Waals surface area contributed by atoms with Gasteiger partial charge < -0.3 is 29.3 Å². The van der Waals surface area contributed by atoms with Crippen LogP contribution < -0.4 is 14.8 Å². The number of aryl methyl sites for hydroxylation is 1. The molecule has 0 radical (unpaired) electrons. The van der Waals surface area contributed by atoms with E-state index in [2.05, 4.69) is 5.32 Å². The number of rotatable bonds is 12. The van der Waals surface area contributed by atoms with Crippen molar-refractivity contribution in [2.45, 2.75) is 38.8 Å². The second-order valence-corrected chi connectivity index (χ2v) is 12.0. The quantitative estimate of drug-likeness (QED) is 0.245. The van der Waals surface area contributed by atoms with Gasteiger partial charge in [-0.25, -0.2) is 4.79 Å². The zero-order valence-electron chi connectivity index (χ0n) is 23.5. The van der Waals surface area contributed by atoms with Crippen LogP contribution in [0.15, 0.2) is 48.5 Å². The number of hydrogen-bond donors (Lipinski definition) is 1. The largest absolute Gasteiger partial charge is 0.493 e. The van der Waals surface area contributed by atoms with E-state index in [9.17, 15) is 9.59 Å². The Kier molecular flexibility index (Phi) is 11.2. The van der Waals surface area contributed by atoms with Crippen LogP contribution in [0.5, 0.6) is 11.5 Å². The number of thiophene rings is 1. The first-order valence-electron chi connectivity index (χ1n) is 13.4. The van der Waals surface area contributed by atoms with Crippen molar-refractivity contribution in [3.63, 3.8) is 0 Å². The molecule has 4 rings (SSSR count). The van der Waals surface area contributed by atoms with E-state index < -0.39 is 6.03 Å². The van der Waals surface area contributed by atoms with Crippen molar-refractivity contribution in [1.82, 2.24) is 9.80 Å². The smallest absolute Gasteiger partial charge is 0.322 e. The molecule has 1 aliphatic heterocycles. The van der Waals surface area contributed by atoms with Gasteiger partial charge in [0.05, 0.1) is 36.9 Å². The fourth-order valence-corrected chi connectivity index (χ4v) is 5.85. The number of halogens is 2. The Bertz CT molecular complexity index is 1350. The van der Waals surface area contributed by atoms with E-state index in [1.807, 2.05) is 37.3 Å². The highest BCUT2D eigenvalue weighted by Crippen LogP contribution is 2.28. The summed E-state index contributed by atoms with van der Waals surface area (Å²) in [4.78, 5) is 32.8. The number of hydrogen-bond acceptors (Lipinski definition) is 6. The molecule has 0 aliphatic carbocycles. The minimum atomic E-state index is -0.404. The molecule has 0 saturated carbocycles. The Morgan fingerprint density at radius 1 is 1.02 bits per heavy atom. The maximum Gasteiger partial charge on any atom is 0.322 e. The van der Waals surface area contributed by atoms with E-state index in [0.717, 1.165) is 23.3 Å². The summed E-state index contributed by atoms with van der Waals surface area (Å²) < 4.78 is 16.6. The van der Waals surface area contributed by atoms with Crippen molar-refractivity contribution in [3.8, 4) is 11.5 Å². The van der Waals surface area contributed by atoms with Gasteiger partial charge in [-0.2, -0.15) is 0 Å². The van der Waals surface area contributed by atoms with E-state index >= 15 is 0 Å². The van der Waals surface area contributed by atoms with Gasteiger partial charge in [0.2, 0.25) is 5.91 Å². The average Bonchev–Trinajstić information content (AvgIpc) is 3.63. The van der Waals surface area contributed by atoms with Crippen LogP contribution in [0.4, 0.5) is 10.5 Å². The fraction of sp³-hybridized carbons (Fsp3) is 0.400. The molecule has 1 N–H and O–H groups in total. The third kappa shape index (κ3) is 8.75. The highest BCUT2D eigenvalue weighted by molar-refractivity contribution is 7.11. The van der Waals surface area contributed by atoms with Crippen molar-refractivity contribution in [3.05, 3.63) is 73.9 Å². The average molecular weight is 621 g/mol. The van der Waals surface area contributed by atoms with Crippen LogP contribution in [-0.2, 0) is 22.5 Å². The summed E-state index contributed by atoms with van der Waals surface area (Å²) in [6, 6.07) is 14.3. The van der Waals surface area contributed by atoms with Gasteiger partial charge in [-0.1, -0.05) is 29.3 Å². The summed E-state index contributed by atoms with van der Waals surface area (Å²) in [5.74, 6) is 1.13. The Morgan fingerprint density at radius 3 is 2.49 bits per heavy atom. The zero-order chi connectivity index (χ0) is 29.4. The molecule has 0 spiro atoms. The summed E-state index contributed by atoms with van der Waals surface area (Å²) >= 11 is 13.8. The minimum absolute atomic E-state index is 0.0939. The summed E-state index contributed by atoms with van der Waals surface area (Å²) in [5.41, 5.74) is 1.50. The number of methoxy groups -OCH3 is 2. The number of nitrogens with zero attached hydrogens (tertiary/aromatic N) is 2. The number of nitrogens with one attached hydrogen (secondary N) is 1. The van der Waals surface area contributed by atoms with Crippen LogP contribution in [0.2, 0.25) is 10.0 Å². The maximum absolute atomic E-state index is 13.8. The number of ether oxygens (including phenoxy) is 3. The molecule has 11 heteroatoms. The molecule has 220 valence electrons. The van der Waals surface area contributed by atoms with Crippen molar-refractivity contribution >= 4 is 52.2 Å². The standard InChI is InChI=1S/C30H35Cl2N3O5S/c1-20-6-9-24(41-20)18-34(13-12-21-7-11-27(38-2)28(15-21)39-3)29(36)19-35(17-23-5-4-14-40-23)30(37)33-22-8-10-25(31)26(32)16-22/h6-11,15-16,23H,4-5,12-14,17-19H2,1-3H3,(H,33,37). The molecule has 1 fully saturated rings. The first-order chi connectivity index (χ1) is 19.7. The predicted molar refractivity (Wildman–Crippen MR) is 164 cm³/mol. The predicted octanol–water partition coefficient (Wildman–Crippen LogP) is 6.66. The van der Waals surface area contributed by atoms with Crippen LogP contribution in [0, 0.1) is 6.92 Å². The summed E-state index contributed by atoms with van der Waals surface area (Å²) in [7, 11) is 3.20. The molecule has 0 bridgehead atoms. The Balaban J connectivity index is 1.51. The summed E-state index contributed by atoms with van der Waals surface area (Å²) in [6.07, 6.45) is 2.25. The lowest BCUT2D eigenvalue weighted by atomic mass is 10.1. The van der Waals surface area contributed by atoms with E-state index in [1.165, 1.54) is 9.78 Å². The molecule has 1 aromatic heterocycles. The molecule has 8 nitrogen and oxygen atoms in total. The first-order valence-corrected chi connectivity index (χ1v) is 15.0. The number of urea groups is 1. The SMILES string of the molecule is COc1ccc(CCN(Cc2ccc(C)s2)C(=O)CN(CC2CCCO2)C(=O)Nc2ccc(Cl)c(Cl)c2)cc1OC. The van der Waals surface area contributed by atoms with Gasteiger partial charge in [0.1, 0.15) is 6.54 Å². The van der Waals surface area contributed by atoms with E-state index in [0.29, 0.717) is 59.9 Å². The highest BCUT2D eigenvalue weighted by Gasteiger charge is 2.27. The molecular weight excluding hydrogens is 585 g/mol. The number of amides is 3. The maximum atomic E-state index is 13.8. The molecule has 1 atom stereocenters. The molecule has 1 aliphatic rings. The lowest BCUT2D eigenvalue weighted by molar-refractivity contribution is -0.132. The van der Waals surface area contributed by atoms with Gasteiger partial charge in [0, 0.05) is 35.1 Å². The molecular formula is C30H35Cl2N3O5S. The van der Waals surface area contributed by atoms with Gasteiger partial charge in [0.15, 0.2) is 11.5 Å². The van der Waals surface area contributed by atoms with Crippen LogP contribution in [0.3, 0.4) is 0 Å². The van der Waals surface area contributed by atoms with Crippen molar-refractivity contribution in [2.24, 2.45) is 0 Å². The highest BCUT2D eigenvalue weighted by atomic mass is 35.5. The lowest BCUT2D eigenvalue weighted by Crippen LogP contribution is -2.47. The van der Waals surface area contributed by atoms with Gasteiger partial charge in [-0.3, -0.25) is 4.79 Å². The van der Waals surface area contributed by atoms with Crippen molar-refractivity contribution in [1.29, 1.82) is 0 Å². The van der Waals surface area contributed by atoms with E-state index in [4.69, 9.17) is 37.4 Å². The van der Waals surface area contributed by atoms with Crippen LogP contribution in [-0.4, -0.2) is 68.3 Å². The summed E-state index contributed by atoms with van der Waals surface area (Å²) in [5, 5.41) is 3.58. The Hall–Kier alpha value is -2.98. The third-order valence-corrected chi connectivity index (χ3v) is 8.57. The lowest BCUT2D eigenvalue weighted by Gasteiger charge is -2.29. The molecule has 1 unspecified atom stereocenters. The monoisotopic (exact) mass is 619 g/mol. The fourth-order valence-electron chi connectivity index (χ4n) is 4.64. The summed E-state index contributed by atoms with van der Waals surface area (Å²) in [6.45, 7) is 3.82. The van der Waals surface area contributed by atoms with Gasteiger partial charge >= 0.3 is 6.03 Å². The van der Waals surface area contributed by atoms with E-state index in [1.54, 1.807) is 48.7 Å². The van der Waals surface area contributed by atoms with Crippen LogP contribution in [0.25, 0.3) is 0 Å². The van der Waals surface area contributed by atoms with Gasteiger partial charge in [-0.05, 0) is 74.2 Å². The third-order valence-electron chi connectivity index (χ3n) is 6.85. The van der Waals surface area contributed by atoms with Crippen molar-refractivity contribution < 1.29 is 23.8 Å². The number of benzene rings is 2. The Labute approximate surface area is 255 Å². The number of carbonyl (C=O) groups is 2. The molecule has 2 aromatic carbocycles. The molecule has 3 amide bonds.